The van der Waals surface area contributed by atoms with Gasteiger partial charge < -0.3 is 20.1 Å². The minimum absolute atomic E-state index is 0. The molecule has 136 valence electrons. The van der Waals surface area contributed by atoms with Crippen molar-refractivity contribution in [2.24, 2.45) is 4.99 Å². The van der Waals surface area contributed by atoms with Crippen molar-refractivity contribution in [1.29, 1.82) is 0 Å². The molecule has 0 atom stereocenters. The molecule has 0 aromatic heterocycles. The second kappa shape index (κ2) is 11.6. The summed E-state index contributed by atoms with van der Waals surface area (Å²) >= 11 is 0. The van der Waals surface area contributed by atoms with Gasteiger partial charge in [0.05, 0.1) is 13.7 Å². The number of nitrogens with zero attached hydrogens (tertiary/aromatic N) is 1. The minimum atomic E-state index is 0. The van der Waals surface area contributed by atoms with Crippen LogP contribution in [0.2, 0.25) is 0 Å². The fraction of sp³-hybridized carbons (Fsp3) is 0.316. The third-order valence-corrected chi connectivity index (χ3v) is 3.64. The van der Waals surface area contributed by atoms with Crippen molar-refractivity contribution < 1.29 is 9.47 Å². The average Bonchev–Trinajstić information content (AvgIpc) is 2.62. The van der Waals surface area contributed by atoms with Crippen LogP contribution in [-0.2, 0) is 6.54 Å². The average molecular weight is 455 g/mol. The molecular weight excluding hydrogens is 429 g/mol. The number of hydrogen-bond donors (Lipinski definition) is 2. The zero-order valence-electron chi connectivity index (χ0n) is 14.9. The molecule has 0 bridgehead atoms. The highest BCUT2D eigenvalue weighted by atomic mass is 127. The molecule has 2 N–H and O–H groups in total. The smallest absolute Gasteiger partial charge is 0.191 e. The van der Waals surface area contributed by atoms with Gasteiger partial charge in [-0.2, -0.15) is 0 Å². The number of aryl methyl sites for hydroxylation is 1. The Labute approximate surface area is 166 Å². The first-order chi connectivity index (χ1) is 11.7. The Morgan fingerprint density at radius 3 is 2.52 bits per heavy atom. The fourth-order valence-corrected chi connectivity index (χ4v) is 2.24. The number of rotatable bonds is 7. The van der Waals surface area contributed by atoms with Crippen LogP contribution in [0.4, 0.5) is 0 Å². The minimum Gasteiger partial charge on any atom is -0.497 e. The van der Waals surface area contributed by atoms with Crippen molar-refractivity contribution in [3.63, 3.8) is 0 Å². The first kappa shape index (κ1) is 21.1. The number of hydrogen-bond acceptors (Lipinski definition) is 3. The normalized spacial score (nSPS) is 10.6. The quantitative estimate of drug-likeness (QED) is 0.291. The maximum absolute atomic E-state index is 5.70. The third-order valence-electron chi connectivity index (χ3n) is 3.64. The van der Waals surface area contributed by atoms with E-state index in [-0.39, 0.29) is 24.0 Å². The second-order valence-corrected chi connectivity index (χ2v) is 5.31. The summed E-state index contributed by atoms with van der Waals surface area (Å²) in [6.07, 6.45) is 0. The molecular formula is C19H26IN3O2. The van der Waals surface area contributed by atoms with Gasteiger partial charge >= 0.3 is 0 Å². The van der Waals surface area contributed by atoms with E-state index in [1.807, 2.05) is 36.4 Å². The largest absolute Gasteiger partial charge is 0.497 e. The summed E-state index contributed by atoms with van der Waals surface area (Å²) in [7, 11) is 3.40. The third kappa shape index (κ3) is 7.21. The number of methoxy groups -OCH3 is 1. The molecule has 0 fully saturated rings. The molecule has 25 heavy (non-hydrogen) atoms. The summed E-state index contributed by atoms with van der Waals surface area (Å²) in [5, 5.41) is 6.55. The molecule has 0 radical (unpaired) electrons. The number of halogens is 1. The lowest BCUT2D eigenvalue weighted by molar-refractivity contribution is 0.319. The van der Waals surface area contributed by atoms with Crippen molar-refractivity contribution in [2.45, 2.75) is 13.5 Å². The van der Waals surface area contributed by atoms with Crippen LogP contribution in [0.1, 0.15) is 11.1 Å². The maximum Gasteiger partial charge on any atom is 0.191 e. The lowest BCUT2D eigenvalue weighted by Gasteiger charge is -2.13. The summed E-state index contributed by atoms with van der Waals surface area (Å²) in [6.45, 7) is 4.04. The van der Waals surface area contributed by atoms with Crippen molar-refractivity contribution in [2.75, 3.05) is 27.3 Å². The van der Waals surface area contributed by atoms with Crippen LogP contribution >= 0.6 is 24.0 Å². The van der Waals surface area contributed by atoms with Crippen LogP contribution < -0.4 is 20.1 Å². The van der Waals surface area contributed by atoms with E-state index in [1.54, 1.807) is 14.2 Å². The van der Waals surface area contributed by atoms with E-state index in [4.69, 9.17) is 9.47 Å². The Morgan fingerprint density at radius 1 is 1.04 bits per heavy atom. The number of benzene rings is 2. The summed E-state index contributed by atoms with van der Waals surface area (Å²) in [5.74, 6) is 2.34. The van der Waals surface area contributed by atoms with E-state index < -0.39 is 0 Å². The van der Waals surface area contributed by atoms with Gasteiger partial charge in [-0.15, -0.1) is 24.0 Å². The topological polar surface area (TPSA) is 54.9 Å². The lowest BCUT2D eigenvalue weighted by atomic mass is 10.1. The van der Waals surface area contributed by atoms with Crippen LogP contribution in [0.3, 0.4) is 0 Å². The van der Waals surface area contributed by atoms with Gasteiger partial charge in [0, 0.05) is 19.7 Å². The highest BCUT2D eigenvalue weighted by molar-refractivity contribution is 14.0. The predicted octanol–water partition coefficient (Wildman–Crippen LogP) is 3.37. The molecule has 5 nitrogen and oxygen atoms in total. The van der Waals surface area contributed by atoms with E-state index in [9.17, 15) is 0 Å². The molecule has 0 unspecified atom stereocenters. The van der Waals surface area contributed by atoms with E-state index in [1.165, 1.54) is 11.1 Å². The second-order valence-electron chi connectivity index (χ2n) is 5.31. The van der Waals surface area contributed by atoms with E-state index >= 15 is 0 Å². The molecule has 0 heterocycles. The molecule has 2 aromatic rings. The van der Waals surface area contributed by atoms with Crippen molar-refractivity contribution in [1.82, 2.24) is 10.6 Å². The molecule has 0 spiro atoms. The summed E-state index contributed by atoms with van der Waals surface area (Å²) in [6, 6.07) is 15.9. The first-order valence-electron chi connectivity index (χ1n) is 7.99. The lowest BCUT2D eigenvalue weighted by Crippen LogP contribution is -2.39. The highest BCUT2D eigenvalue weighted by Gasteiger charge is 2.01. The molecule has 0 amide bonds. The molecule has 0 aliphatic carbocycles. The Bertz CT molecular complexity index is 677. The molecule has 0 saturated carbocycles. The Balaban J connectivity index is 0.00000312. The van der Waals surface area contributed by atoms with Crippen molar-refractivity contribution in [3.8, 4) is 11.5 Å². The molecule has 0 saturated heterocycles. The predicted molar refractivity (Wildman–Crippen MR) is 113 cm³/mol. The van der Waals surface area contributed by atoms with Gasteiger partial charge in [0.2, 0.25) is 0 Å². The Morgan fingerprint density at radius 2 is 1.80 bits per heavy atom. The SMILES string of the molecule is CN=C(NCCOc1cccc(OC)c1)NCc1ccccc1C.I. The first-order valence-corrected chi connectivity index (χ1v) is 7.99. The summed E-state index contributed by atoms with van der Waals surface area (Å²) in [4.78, 5) is 4.22. The van der Waals surface area contributed by atoms with Crippen LogP contribution in [0, 0.1) is 6.92 Å². The van der Waals surface area contributed by atoms with Crippen LogP contribution in [0.5, 0.6) is 11.5 Å². The zero-order chi connectivity index (χ0) is 17.2. The molecule has 0 aliphatic rings. The van der Waals surface area contributed by atoms with Gasteiger partial charge in [0.15, 0.2) is 5.96 Å². The van der Waals surface area contributed by atoms with Gasteiger partial charge in [0.1, 0.15) is 18.1 Å². The van der Waals surface area contributed by atoms with Crippen LogP contribution in [-0.4, -0.2) is 33.3 Å². The number of ether oxygens (including phenoxy) is 2. The molecule has 2 aromatic carbocycles. The summed E-state index contributed by atoms with van der Waals surface area (Å²) in [5.41, 5.74) is 2.52. The van der Waals surface area contributed by atoms with Crippen molar-refractivity contribution in [3.05, 3.63) is 59.7 Å². The van der Waals surface area contributed by atoms with Crippen LogP contribution in [0.15, 0.2) is 53.5 Å². The van der Waals surface area contributed by atoms with Gasteiger partial charge in [-0.25, -0.2) is 0 Å². The Kier molecular flexibility index (Phi) is 9.76. The molecule has 0 aliphatic heterocycles. The fourth-order valence-electron chi connectivity index (χ4n) is 2.24. The van der Waals surface area contributed by atoms with Crippen molar-refractivity contribution >= 4 is 29.9 Å². The zero-order valence-corrected chi connectivity index (χ0v) is 17.2. The monoisotopic (exact) mass is 455 g/mol. The standard InChI is InChI=1S/C19H25N3O2.HI/c1-15-7-4-5-8-16(15)14-22-19(20-2)21-11-12-24-18-10-6-9-17(13-18)23-3;/h4-10,13H,11-12,14H2,1-3H3,(H2,20,21,22);1H. The van der Waals surface area contributed by atoms with Gasteiger partial charge in [-0.3, -0.25) is 4.99 Å². The maximum atomic E-state index is 5.70. The van der Waals surface area contributed by atoms with E-state index in [0.717, 1.165) is 24.0 Å². The Hall–Kier alpha value is -1.96. The highest BCUT2D eigenvalue weighted by Crippen LogP contribution is 2.18. The van der Waals surface area contributed by atoms with Crippen LogP contribution in [0.25, 0.3) is 0 Å². The number of aliphatic imine (C=N–C) groups is 1. The van der Waals surface area contributed by atoms with Gasteiger partial charge in [-0.1, -0.05) is 30.3 Å². The summed E-state index contributed by atoms with van der Waals surface area (Å²) < 4.78 is 10.9. The van der Waals surface area contributed by atoms with Gasteiger partial charge in [-0.05, 0) is 30.2 Å². The molecule has 2 rings (SSSR count). The van der Waals surface area contributed by atoms with E-state index in [0.29, 0.717) is 13.2 Å². The van der Waals surface area contributed by atoms with E-state index in [2.05, 4.69) is 34.7 Å². The number of guanidine groups is 1. The van der Waals surface area contributed by atoms with Gasteiger partial charge in [0.25, 0.3) is 0 Å². The molecule has 6 heteroatoms. The number of nitrogens with one attached hydrogen (secondary N) is 2.